The molecule has 0 bridgehead atoms. The highest BCUT2D eigenvalue weighted by Crippen LogP contribution is 2.24. The van der Waals surface area contributed by atoms with E-state index in [4.69, 9.17) is 9.15 Å². The Balaban J connectivity index is 2.49. The van der Waals surface area contributed by atoms with Gasteiger partial charge in [0.05, 0.1) is 19.1 Å². The highest BCUT2D eigenvalue weighted by Gasteiger charge is 2.15. The Labute approximate surface area is 121 Å². The summed E-state index contributed by atoms with van der Waals surface area (Å²) >= 11 is 0. The summed E-state index contributed by atoms with van der Waals surface area (Å²) in [6, 6.07) is 5.22. The van der Waals surface area contributed by atoms with Crippen LogP contribution in [0.3, 0.4) is 0 Å². The van der Waals surface area contributed by atoms with Crippen molar-refractivity contribution in [3.63, 3.8) is 0 Å². The van der Waals surface area contributed by atoms with Crippen LogP contribution >= 0.6 is 0 Å². The van der Waals surface area contributed by atoms with E-state index < -0.39 is 11.6 Å². The van der Waals surface area contributed by atoms with Crippen molar-refractivity contribution in [2.45, 2.75) is 13.3 Å². The van der Waals surface area contributed by atoms with Gasteiger partial charge in [-0.15, -0.1) is 0 Å². The van der Waals surface area contributed by atoms with E-state index in [1.165, 1.54) is 7.11 Å². The molecule has 0 unspecified atom stereocenters. The Morgan fingerprint density at radius 2 is 2.19 bits per heavy atom. The van der Waals surface area contributed by atoms with Crippen LogP contribution in [-0.4, -0.2) is 19.7 Å². The number of benzene rings is 1. The fraction of sp³-hybridized carbons (Fsp3) is 0.250. The van der Waals surface area contributed by atoms with E-state index >= 15 is 0 Å². The Bertz CT molecular complexity index is 742. The van der Waals surface area contributed by atoms with Crippen molar-refractivity contribution < 1.29 is 18.7 Å². The first-order valence-corrected chi connectivity index (χ1v) is 6.43. The molecule has 0 atom stereocenters. The molecule has 0 amide bonds. The van der Waals surface area contributed by atoms with E-state index in [0.29, 0.717) is 29.1 Å². The normalized spacial score (nSPS) is 10.4. The topological polar surface area (TPSA) is 65.7 Å². The van der Waals surface area contributed by atoms with Crippen molar-refractivity contribution in [3.8, 4) is 5.75 Å². The summed E-state index contributed by atoms with van der Waals surface area (Å²) in [6.07, 6.45) is 1.53. The molecule has 0 spiro atoms. The predicted octanol–water partition coefficient (Wildman–Crippen LogP) is 2.38. The second-order valence-electron chi connectivity index (χ2n) is 4.50. The van der Waals surface area contributed by atoms with Crippen LogP contribution in [0.2, 0.25) is 0 Å². The number of carbonyl (C=O) groups is 1. The zero-order chi connectivity index (χ0) is 15.4. The minimum atomic E-state index is -0.536. The lowest BCUT2D eigenvalue weighted by molar-refractivity contribution is -0.139. The molecule has 0 fully saturated rings. The van der Waals surface area contributed by atoms with Gasteiger partial charge >= 0.3 is 11.6 Å². The van der Waals surface area contributed by atoms with Crippen molar-refractivity contribution in [1.29, 1.82) is 0 Å². The van der Waals surface area contributed by atoms with E-state index in [2.05, 4.69) is 11.3 Å². The monoisotopic (exact) mass is 288 g/mol. The van der Waals surface area contributed by atoms with Crippen LogP contribution < -0.4 is 10.4 Å². The lowest BCUT2D eigenvalue weighted by atomic mass is 10.0. The van der Waals surface area contributed by atoms with Crippen LogP contribution in [0.25, 0.3) is 11.0 Å². The highest BCUT2D eigenvalue weighted by molar-refractivity contribution is 5.84. The fourth-order valence-corrected chi connectivity index (χ4v) is 2.04. The van der Waals surface area contributed by atoms with Crippen molar-refractivity contribution in [2.24, 2.45) is 0 Å². The van der Waals surface area contributed by atoms with E-state index in [0.717, 1.165) is 5.39 Å². The Morgan fingerprint density at radius 1 is 1.43 bits per heavy atom. The number of hydrogen-bond donors (Lipinski definition) is 0. The van der Waals surface area contributed by atoms with Gasteiger partial charge in [0.15, 0.2) is 0 Å². The molecule has 0 aliphatic heterocycles. The molecule has 0 aliphatic rings. The van der Waals surface area contributed by atoms with Crippen molar-refractivity contribution in [3.05, 3.63) is 52.4 Å². The number of aryl methyl sites for hydroxylation is 1. The number of hydrogen-bond acceptors (Lipinski definition) is 5. The van der Waals surface area contributed by atoms with Crippen LogP contribution in [0.15, 0.2) is 40.1 Å². The van der Waals surface area contributed by atoms with E-state index in [1.807, 2.05) is 0 Å². The number of esters is 1. The Kier molecular flexibility index (Phi) is 4.42. The molecule has 0 N–H and O–H groups in total. The number of ether oxygens (including phenoxy) is 2. The first kappa shape index (κ1) is 14.8. The van der Waals surface area contributed by atoms with E-state index in [9.17, 15) is 9.59 Å². The summed E-state index contributed by atoms with van der Waals surface area (Å²) in [5.41, 5.74) is 0.912. The van der Waals surface area contributed by atoms with Gasteiger partial charge in [0, 0.05) is 11.5 Å². The lowest BCUT2D eigenvalue weighted by Gasteiger charge is -2.08. The molecule has 110 valence electrons. The van der Waals surface area contributed by atoms with Crippen LogP contribution in [0.1, 0.15) is 11.1 Å². The molecular formula is C16H16O5. The zero-order valence-electron chi connectivity index (χ0n) is 12.0. The molecule has 1 heterocycles. The van der Waals surface area contributed by atoms with Gasteiger partial charge in [0.25, 0.3) is 0 Å². The molecule has 0 saturated heterocycles. The smallest absolute Gasteiger partial charge is 0.340 e. The summed E-state index contributed by atoms with van der Waals surface area (Å²) in [5, 5.41) is 0.763. The third-order valence-corrected chi connectivity index (χ3v) is 3.18. The Hall–Kier alpha value is -2.56. The molecule has 5 heteroatoms. The van der Waals surface area contributed by atoms with Gasteiger partial charge in [-0.3, -0.25) is 4.79 Å². The predicted molar refractivity (Wildman–Crippen MR) is 78.6 cm³/mol. The first-order valence-electron chi connectivity index (χ1n) is 6.43. The summed E-state index contributed by atoms with van der Waals surface area (Å²) in [4.78, 5) is 23.4. The van der Waals surface area contributed by atoms with Gasteiger partial charge in [0.1, 0.15) is 17.9 Å². The molecule has 1 aromatic heterocycles. The summed E-state index contributed by atoms with van der Waals surface area (Å²) in [6.45, 7) is 5.72. The average molecular weight is 288 g/mol. The van der Waals surface area contributed by atoms with Gasteiger partial charge in [-0.05, 0) is 24.6 Å². The maximum absolute atomic E-state index is 12.0. The zero-order valence-corrected chi connectivity index (χ0v) is 12.0. The fourth-order valence-electron chi connectivity index (χ4n) is 2.04. The van der Waals surface area contributed by atoms with Gasteiger partial charge in [-0.2, -0.15) is 0 Å². The first-order chi connectivity index (χ1) is 10.1. The maximum atomic E-state index is 12.0. The van der Waals surface area contributed by atoms with Gasteiger partial charge in [-0.1, -0.05) is 12.7 Å². The molecule has 0 radical (unpaired) electrons. The highest BCUT2D eigenvalue weighted by atomic mass is 16.5. The van der Waals surface area contributed by atoms with E-state index in [-0.39, 0.29) is 6.42 Å². The summed E-state index contributed by atoms with van der Waals surface area (Å²) in [5.74, 6) is 0.112. The molecular weight excluding hydrogens is 272 g/mol. The Morgan fingerprint density at radius 3 is 2.86 bits per heavy atom. The third kappa shape index (κ3) is 3.13. The van der Waals surface area contributed by atoms with Gasteiger partial charge in [0.2, 0.25) is 0 Å². The molecule has 2 rings (SSSR count). The quantitative estimate of drug-likeness (QED) is 0.480. The minimum absolute atomic E-state index is 0.102. The maximum Gasteiger partial charge on any atom is 0.340 e. The molecule has 0 saturated carbocycles. The largest absolute Gasteiger partial charge is 0.489 e. The van der Waals surface area contributed by atoms with Crippen LogP contribution in [-0.2, 0) is 16.0 Å². The van der Waals surface area contributed by atoms with Crippen LogP contribution in [0.4, 0.5) is 0 Å². The molecule has 21 heavy (non-hydrogen) atoms. The molecule has 0 aliphatic carbocycles. The van der Waals surface area contributed by atoms with E-state index in [1.54, 1.807) is 31.2 Å². The summed E-state index contributed by atoms with van der Waals surface area (Å²) in [7, 11) is 1.28. The van der Waals surface area contributed by atoms with Crippen LogP contribution in [0, 0.1) is 6.92 Å². The number of rotatable bonds is 5. The average Bonchev–Trinajstić information content (AvgIpc) is 2.48. The van der Waals surface area contributed by atoms with Gasteiger partial charge < -0.3 is 13.9 Å². The van der Waals surface area contributed by atoms with Crippen molar-refractivity contribution in [1.82, 2.24) is 0 Å². The third-order valence-electron chi connectivity index (χ3n) is 3.18. The SMILES string of the molecule is C=CCOc1ccc2c(C)c(CC(=O)OC)c(=O)oc2c1. The van der Waals surface area contributed by atoms with Gasteiger partial charge in [-0.25, -0.2) is 4.79 Å². The molecule has 2 aromatic rings. The second-order valence-corrected chi connectivity index (χ2v) is 4.50. The standard InChI is InChI=1S/C16H16O5/c1-4-7-20-11-5-6-12-10(2)13(9-15(17)19-3)16(18)21-14(12)8-11/h4-6,8H,1,7,9H2,2-3H3. The second kappa shape index (κ2) is 6.26. The number of fused-ring (bicyclic) bond motifs is 1. The lowest BCUT2D eigenvalue weighted by Crippen LogP contribution is -2.16. The van der Waals surface area contributed by atoms with Crippen molar-refractivity contribution >= 4 is 16.9 Å². The van der Waals surface area contributed by atoms with Crippen molar-refractivity contribution in [2.75, 3.05) is 13.7 Å². The number of methoxy groups -OCH3 is 1. The number of carbonyl (C=O) groups excluding carboxylic acids is 1. The molecule has 1 aromatic carbocycles. The summed E-state index contributed by atoms with van der Waals surface area (Å²) < 4.78 is 15.3. The minimum Gasteiger partial charge on any atom is -0.489 e. The van der Waals surface area contributed by atoms with Crippen LogP contribution in [0.5, 0.6) is 5.75 Å². The molecule has 5 nitrogen and oxygen atoms in total.